The zero-order valence-electron chi connectivity index (χ0n) is 19.2. The highest BCUT2D eigenvalue weighted by atomic mass is 14.3. The van der Waals surface area contributed by atoms with Gasteiger partial charge in [0.25, 0.3) is 0 Å². The number of rotatable bonds is 0. The van der Waals surface area contributed by atoms with Crippen molar-refractivity contribution in [2.75, 3.05) is 0 Å². The van der Waals surface area contributed by atoms with Crippen LogP contribution >= 0.6 is 0 Å². The van der Waals surface area contributed by atoms with Crippen molar-refractivity contribution in [3.63, 3.8) is 0 Å². The van der Waals surface area contributed by atoms with Gasteiger partial charge in [-0.1, -0.05) is 97.1 Å². The van der Waals surface area contributed by atoms with E-state index < -0.39 is 0 Å². The average molecular weight is 449 g/mol. The van der Waals surface area contributed by atoms with Crippen LogP contribution in [0.1, 0.15) is 0 Å². The Morgan fingerprint density at radius 1 is 0.194 bits per heavy atom. The number of hydrogen-bond donors (Lipinski definition) is 0. The lowest BCUT2D eigenvalue weighted by molar-refractivity contribution is 1.81. The summed E-state index contributed by atoms with van der Waals surface area (Å²) in [6.45, 7) is 0. The molecule has 11 aromatic rings. The summed E-state index contributed by atoms with van der Waals surface area (Å²) in [5.41, 5.74) is 0. The molecule has 0 heterocycles. The molecule has 0 saturated carbocycles. The number of benzene rings is 11. The van der Waals surface area contributed by atoms with E-state index in [4.69, 9.17) is 0 Å². The van der Waals surface area contributed by atoms with E-state index in [1.807, 2.05) is 0 Å². The lowest BCUT2D eigenvalue weighted by atomic mass is 9.76. The van der Waals surface area contributed by atoms with E-state index >= 15 is 0 Å². The number of hydrogen-bond acceptors (Lipinski definition) is 0. The molecule has 36 heavy (non-hydrogen) atoms. The molecule has 0 amide bonds. The molecule has 0 fully saturated rings. The molecule has 11 aromatic carbocycles. The molecule has 0 atom stereocenters. The molecule has 0 heteroatoms. The quantitative estimate of drug-likeness (QED) is 0.160. The van der Waals surface area contributed by atoms with Crippen LogP contribution in [0.4, 0.5) is 0 Å². The van der Waals surface area contributed by atoms with Gasteiger partial charge in [0.2, 0.25) is 0 Å². The molecule has 0 aliphatic carbocycles. The van der Waals surface area contributed by atoms with Gasteiger partial charge in [0, 0.05) is 0 Å². The standard InChI is InChI=1S/C36H16/c1-3-17-11-14-25-26-16-13-20-10-8-18-7-9-19-12-15-24-23-6-2-5-22-21(4-1)27(17)32(25)35(31(22)23)36-33(24)29(19)28(18)30(20)34(26)36/h1-16H. The number of fused-ring (bicyclic) bond motifs is 3. The second-order valence-corrected chi connectivity index (χ2v) is 10.8. The third kappa shape index (κ3) is 1.52. The smallest absolute Gasteiger partial charge is 0.0000487 e. The zero-order valence-corrected chi connectivity index (χ0v) is 19.2. The molecule has 0 aromatic heterocycles. The molecule has 0 saturated heterocycles. The van der Waals surface area contributed by atoms with Gasteiger partial charge in [-0.15, -0.1) is 0 Å². The first-order valence-corrected chi connectivity index (χ1v) is 12.8. The third-order valence-electron chi connectivity index (χ3n) is 9.38. The molecule has 0 aliphatic heterocycles. The van der Waals surface area contributed by atoms with E-state index in [1.165, 1.54) is 108 Å². The van der Waals surface area contributed by atoms with Crippen molar-refractivity contribution in [1.82, 2.24) is 0 Å². The monoisotopic (exact) mass is 448 g/mol. The Morgan fingerprint density at radius 2 is 0.528 bits per heavy atom. The Morgan fingerprint density at radius 3 is 1.08 bits per heavy atom. The summed E-state index contributed by atoms with van der Waals surface area (Å²) in [4.78, 5) is 0. The van der Waals surface area contributed by atoms with Crippen LogP contribution in [0.2, 0.25) is 0 Å². The summed E-state index contributed by atoms with van der Waals surface area (Å²) < 4.78 is 0. The van der Waals surface area contributed by atoms with Gasteiger partial charge in [0.05, 0.1) is 0 Å². The van der Waals surface area contributed by atoms with Crippen molar-refractivity contribution in [1.29, 1.82) is 0 Å². The largest absolute Gasteiger partial charge is 0.0610 e. The molecule has 0 nitrogen and oxygen atoms in total. The van der Waals surface area contributed by atoms with E-state index in [2.05, 4.69) is 97.1 Å². The van der Waals surface area contributed by atoms with Crippen LogP contribution in [0, 0.1) is 0 Å². The van der Waals surface area contributed by atoms with E-state index in [9.17, 15) is 0 Å². The van der Waals surface area contributed by atoms with Gasteiger partial charge in [0.1, 0.15) is 0 Å². The lowest BCUT2D eigenvalue weighted by Crippen LogP contribution is -1.97. The van der Waals surface area contributed by atoms with Crippen molar-refractivity contribution in [3.05, 3.63) is 97.1 Å². The minimum absolute atomic E-state index is 1.34. The van der Waals surface area contributed by atoms with Crippen LogP contribution in [0.5, 0.6) is 0 Å². The van der Waals surface area contributed by atoms with Gasteiger partial charge in [-0.05, 0) is 108 Å². The van der Waals surface area contributed by atoms with Crippen molar-refractivity contribution < 1.29 is 0 Å². The van der Waals surface area contributed by atoms with Gasteiger partial charge in [-0.2, -0.15) is 0 Å². The van der Waals surface area contributed by atoms with E-state index in [0.717, 1.165) is 0 Å². The zero-order chi connectivity index (χ0) is 22.9. The average Bonchev–Trinajstić information content (AvgIpc) is 2.94. The normalized spacial score (nSPS) is 13.6. The fourth-order valence-corrected chi connectivity index (χ4v) is 8.13. The van der Waals surface area contributed by atoms with Gasteiger partial charge in [-0.25, -0.2) is 0 Å². The highest BCUT2D eigenvalue weighted by Crippen LogP contribution is 2.56. The Kier molecular flexibility index (Phi) is 2.40. The van der Waals surface area contributed by atoms with E-state index in [1.54, 1.807) is 0 Å². The van der Waals surface area contributed by atoms with Gasteiger partial charge in [0.15, 0.2) is 0 Å². The molecule has 11 rings (SSSR count). The second-order valence-electron chi connectivity index (χ2n) is 10.8. The first-order chi connectivity index (χ1) is 17.9. The molecule has 0 radical (unpaired) electrons. The molecule has 0 N–H and O–H groups in total. The van der Waals surface area contributed by atoms with E-state index in [-0.39, 0.29) is 0 Å². The first kappa shape index (κ1) is 16.9. The van der Waals surface area contributed by atoms with Crippen molar-refractivity contribution in [2.45, 2.75) is 0 Å². The molecule has 0 aliphatic rings. The van der Waals surface area contributed by atoms with Gasteiger partial charge in [-0.3, -0.25) is 0 Å². The second kappa shape index (κ2) is 5.12. The first-order valence-electron chi connectivity index (χ1n) is 12.8. The van der Waals surface area contributed by atoms with Crippen LogP contribution in [0.15, 0.2) is 97.1 Å². The maximum absolute atomic E-state index is 2.39. The third-order valence-corrected chi connectivity index (χ3v) is 9.38. The summed E-state index contributed by atoms with van der Waals surface area (Å²) >= 11 is 0. The topological polar surface area (TPSA) is 0 Å². The molecule has 0 unspecified atom stereocenters. The predicted molar refractivity (Wildman–Crippen MR) is 157 cm³/mol. The molecule has 160 valence electrons. The minimum atomic E-state index is 1.34. The predicted octanol–water partition coefficient (Wildman–Crippen LogP) is 10.4. The SMILES string of the molecule is c1cc2ccc3c4ccc5ccc6ccc7ccc8c9cccc%10c(c1)c2c3c(c%109)c1c8c7c6c5c41. The van der Waals surface area contributed by atoms with Crippen LogP contribution < -0.4 is 0 Å². The maximum Gasteiger partial charge on any atom is -0.0000487 e. The highest BCUT2D eigenvalue weighted by Gasteiger charge is 2.27. The summed E-state index contributed by atoms with van der Waals surface area (Å²) in [6, 6.07) is 37.2. The van der Waals surface area contributed by atoms with Crippen LogP contribution in [-0.2, 0) is 0 Å². The van der Waals surface area contributed by atoms with Crippen molar-refractivity contribution in [3.8, 4) is 0 Å². The Hall–Kier alpha value is -4.68. The van der Waals surface area contributed by atoms with Gasteiger partial charge >= 0.3 is 0 Å². The van der Waals surface area contributed by atoms with Crippen molar-refractivity contribution >= 4 is 108 Å². The lowest BCUT2D eigenvalue weighted by Gasteiger charge is -2.26. The van der Waals surface area contributed by atoms with E-state index in [0.29, 0.717) is 0 Å². The molecular formula is C36H16. The fraction of sp³-hybridized carbons (Fsp3) is 0. The van der Waals surface area contributed by atoms with Crippen molar-refractivity contribution in [2.24, 2.45) is 0 Å². The highest BCUT2D eigenvalue weighted by molar-refractivity contribution is 6.55. The molecule has 0 spiro atoms. The summed E-state index contributed by atoms with van der Waals surface area (Å²) in [7, 11) is 0. The van der Waals surface area contributed by atoms with Gasteiger partial charge < -0.3 is 0 Å². The molecule has 0 bridgehead atoms. The Bertz CT molecular complexity index is 2620. The summed E-state index contributed by atoms with van der Waals surface area (Å²) in [6.07, 6.45) is 0. The van der Waals surface area contributed by atoms with Crippen LogP contribution in [0.25, 0.3) is 108 Å². The van der Waals surface area contributed by atoms with Crippen LogP contribution in [0.3, 0.4) is 0 Å². The van der Waals surface area contributed by atoms with Crippen LogP contribution in [-0.4, -0.2) is 0 Å². The maximum atomic E-state index is 2.39. The Labute approximate surface area is 204 Å². The molecular weight excluding hydrogens is 432 g/mol. The summed E-state index contributed by atoms with van der Waals surface area (Å²) in [5.74, 6) is 0. The fourth-order valence-electron chi connectivity index (χ4n) is 8.13. The minimum Gasteiger partial charge on any atom is -0.0610 e. The Balaban J connectivity index is 1.73. The summed E-state index contributed by atoms with van der Waals surface area (Å²) in [5, 5.41) is 28.1.